The number of hydrogen-bond donors (Lipinski definition) is 2. The summed E-state index contributed by atoms with van der Waals surface area (Å²) < 4.78 is 33.3. The lowest BCUT2D eigenvalue weighted by Gasteiger charge is -2.35. The maximum atomic E-state index is 11.9. The van der Waals surface area contributed by atoms with Gasteiger partial charge >= 0.3 is 10.1 Å². The summed E-state index contributed by atoms with van der Waals surface area (Å²) in [5.74, 6) is 0.845. The molecule has 0 aliphatic carbocycles. The minimum absolute atomic E-state index is 0.428. The predicted molar refractivity (Wildman–Crippen MR) is 125 cm³/mol. The molecule has 0 bridgehead atoms. The van der Waals surface area contributed by atoms with Crippen LogP contribution in [0.5, 0.6) is 0 Å². The Labute approximate surface area is 187 Å². The average molecular weight is 455 g/mol. The molecule has 0 saturated carbocycles. The number of benzene rings is 2. The Morgan fingerprint density at radius 1 is 1.09 bits per heavy atom. The van der Waals surface area contributed by atoms with Crippen molar-refractivity contribution in [3.63, 3.8) is 0 Å². The van der Waals surface area contributed by atoms with Crippen molar-refractivity contribution in [2.45, 2.75) is 19.0 Å². The fraction of sp³-hybridized carbons (Fsp3) is 0.364. The monoisotopic (exact) mass is 454 g/mol. The number of fused-ring (bicyclic) bond motifs is 2. The van der Waals surface area contributed by atoms with Gasteiger partial charge in [-0.25, -0.2) is 9.97 Å². The number of aromatic nitrogens is 2. The predicted octanol–water partition coefficient (Wildman–Crippen LogP) is 2.38. The third kappa shape index (κ3) is 3.85. The summed E-state index contributed by atoms with van der Waals surface area (Å²) in [6.07, 6.45) is 1.55. The molecule has 0 amide bonds. The Hall–Kier alpha value is -2.95. The van der Waals surface area contributed by atoms with Gasteiger partial charge in [0.15, 0.2) is 0 Å². The second kappa shape index (κ2) is 8.19. The molecule has 0 radical (unpaired) electrons. The molecule has 0 spiro atoms. The number of nitrogens with one attached hydrogen (secondary N) is 1. The van der Waals surface area contributed by atoms with E-state index in [1.807, 2.05) is 25.1 Å². The van der Waals surface area contributed by atoms with Crippen molar-refractivity contribution in [1.82, 2.24) is 14.9 Å². The lowest BCUT2D eigenvalue weighted by Crippen LogP contribution is -2.46. The molecular formula is C22H26N6O3S. The fourth-order valence-electron chi connectivity index (χ4n) is 4.55. The first-order valence-corrected chi connectivity index (χ1v) is 12.2. The van der Waals surface area contributed by atoms with Crippen LogP contribution >= 0.6 is 0 Å². The molecular weight excluding hydrogens is 428 g/mol. The van der Waals surface area contributed by atoms with Crippen LogP contribution in [0.15, 0.2) is 48.8 Å². The number of anilines is 3. The zero-order chi connectivity index (χ0) is 22.3. The fourth-order valence-corrected chi connectivity index (χ4v) is 5.41. The molecule has 2 aromatic carbocycles. The second-order valence-electron chi connectivity index (χ2n) is 8.13. The first-order chi connectivity index (χ1) is 15.4. The van der Waals surface area contributed by atoms with Gasteiger partial charge in [0.2, 0.25) is 5.50 Å². The van der Waals surface area contributed by atoms with E-state index in [2.05, 4.69) is 49.4 Å². The van der Waals surface area contributed by atoms with Crippen molar-refractivity contribution in [3.8, 4) is 0 Å². The van der Waals surface area contributed by atoms with E-state index in [1.54, 1.807) is 11.2 Å². The lowest BCUT2D eigenvalue weighted by molar-refractivity contribution is 0.249. The Kier molecular flexibility index (Phi) is 5.36. The summed E-state index contributed by atoms with van der Waals surface area (Å²) in [6.45, 7) is 6.75. The molecule has 2 N–H and O–H groups in total. The highest BCUT2D eigenvalue weighted by Crippen LogP contribution is 2.40. The van der Waals surface area contributed by atoms with E-state index in [0.717, 1.165) is 49.4 Å². The van der Waals surface area contributed by atoms with Gasteiger partial charge in [0.1, 0.15) is 12.1 Å². The molecule has 10 heteroatoms. The van der Waals surface area contributed by atoms with Crippen LogP contribution in [-0.2, 0) is 16.7 Å². The van der Waals surface area contributed by atoms with Gasteiger partial charge in [-0.15, -0.1) is 0 Å². The molecule has 3 heterocycles. The molecule has 1 atom stereocenters. The van der Waals surface area contributed by atoms with Crippen LogP contribution in [0.2, 0.25) is 0 Å². The van der Waals surface area contributed by atoms with Crippen LogP contribution < -0.4 is 15.1 Å². The van der Waals surface area contributed by atoms with E-state index in [4.69, 9.17) is 0 Å². The van der Waals surface area contributed by atoms with Gasteiger partial charge in [-0.3, -0.25) is 9.45 Å². The zero-order valence-corrected chi connectivity index (χ0v) is 18.7. The first-order valence-electron chi connectivity index (χ1n) is 10.7. The summed E-state index contributed by atoms with van der Waals surface area (Å²) in [6, 6.07) is 14.2. The minimum atomic E-state index is -4.29. The molecule has 1 unspecified atom stereocenters. The highest BCUT2D eigenvalue weighted by Gasteiger charge is 2.37. The lowest BCUT2D eigenvalue weighted by atomic mass is 10.1. The van der Waals surface area contributed by atoms with Crippen molar-refractivity contribution in [3.05, 3.63) is 54.4 Å². The smallest absolute Gasteiger partial charge is 0.305 e. The van der Waals surface area contributed by atoms with Crippen molar-refractivity contribution in [1.29, 1.82) is 0 Å². The molecule has 32 heavy (non-hydrogen) atoms. The molecule has 1 aromatic heterocycles. The van der Waals surface area contributed by atoms with E-state index >= 15 is 0 Å². The molecule has 168 valence electrons. The van der Waals surface area contributed by atoms with Crippen molar-refractivity contribution in [2.24, 2.45) is 0 Å². The van der Waals surface area contributed by atoms with E-state index < -0.39 is 15.6 Å². The van der Waals surface area contributed by atoms with Crippen LogP contribution in [0.1, 0.15) is 12.5 Å². The third-order valence-corrected chi connectivity index (χ3v) is 7.08. The molecule has 5 rings (SSSR count). The van der Waals surface area contributed by atoms with Crippen LogP contribution in [-0.4, -0.2) is 66.1 Å². The second-order valence-corrected chi connectivity index (χ2v) is 9.61. The van der Waals surface area contributed by atoms with Crippen LogP contribution in [0.3, 0.4) is 0 Å². The summed E-state index contributed by atoms with van der Waals surface area (Å²) in [4.78, 5) is 15.3. The highest BCUT2D eigenvalue weighted by atomic mass is 32.2. The molecule has 3 aromatic rings. The quantitative estimate of drug-likeness (QED) is 0.563. The van der Waals surface area contributed by atoms with Crippen molar-refractivity contribution in [2.75, 3.05) is 47.8 Å². The highest BCUT2D eigenvalue weighted by molar-refractivity contribution is 7.86. The molecule has 1 saturated heterocycles. The Morgan fingerprint density at radius 2 is 1.84 bits per heavy atom. The average Bonchev–Trinajstić information content (AvgIpc) is 3.16. The first kappa shape index (κ1) is 20.9. The maximum absolute atomic E-state index is 11.9. The topological polar surface area (TPSA) is 102 Å². The van der Waals surface area contributed by atoms with Gasteiger partial charge in [0.25, 0.3) is 0 Å². The molecule has 2 aliphatic heterocycles. The van der Waals surface area contributed by atoms with Gasteiger partial charge in [-0.05, 0) is 24.6 Å². The van der Waals surface area contributed by atoms with Gasteiger partial charge in [0, 0.05) is 44.7 Å². The number of rotatable bonds is 5. The van der Waals surface area contributed by atoms with Gasteiger partial charge in [-0.2, -0.15) is 8.42 Å². The number of piperazine rings is 1. The Bertz CT molecular complexity index is 1230. The molecule has 1 fully saturated rings. The van der Waals surface area contributed by atoms with Crippen LogP contribution in [0.25, 0.3) is 10.9 Å². The Balaban J connectivity index is 1.40. The normalized spacial score (nSPS) is 19.2. The molecule has 2 aliphatic rings. The summed E-state index contributed by atoms with van der Waals surface area (Å²) >= 11 is 0. The van der Waals surface area contributed by atoms with Crippen molar-refractivity contribution < 1.29 is 13.0 Å². The largest absolute Gasteiger partial charge is 0.353 e. The SMILES string of the molecule is CCN1c2cc3ncnc(N4CCN(Cc5ccccc5)CC4)c3cc2NC1S(=O)(=O)O. The van der Waals surface area contributed by atoms with E-state index in [-0.39, 0.29) is 0 Å². The minimum Gasteiger partial charge on any atom is -0.353 e. The van der Waals surface area contributed by atoms with Gasteiger partial charge < -0.3 is 15.1 Å². The van der Waals surface area contributed by atoms with Crippen LogP contribution in [0, 0.1) is 0 Å². The summed E-state index contributed by atoms with van der Waals surface area (Å²) in [5, 5.41) is 3.80. The van der Waals surface area contributed by atoms with Gasteiger partial charge in [0.05, 0.1) is 16.9 Å². The zero-order valence-electron chi connectivity index (χ0n) is 17.8. The third-order valence-electron chi connectivity index (χ3n) is 6.15. The van der Waals surface area contributed by atoms with Crippen LogP contribution in [0.4, 0.5) is 17.2 Å². The van der Waals surface area contributed by atoms with E-state index in [1.165, 1.54) is 5.56 Å². The van der Waals surface area contributed by atoms with Crippen molar-refractivity contribution >= 4 is 38.2 Å². The molecule has 9 nitrogen and oxygen atoms in total. The Morgan fingerprint density at radius 3 is 2.53 bits per heavy atom. The number of nitrogens with zero attached hydrogens (tertiary/aromatic N) is 5. The van der Waals surface area contributed by atoms with E-state index in [9.17, 15) is 13.0 Å². The maximum Gasteiger partial charge on any atom is 0.305 e. The van der Waals surface area contributed by atoms with E-state index in [0.29, 0.717) is 17.9 Å². The van der Waals surface area contributed by atoms with Gasteiger partial charge in [-0.1, -0.05) is 30.3 Å². The standard InChI is InChI=1S/C22H26N6O3S/c1-2-28-20-13-18-17(12-19(20)25-22(28)32(29,30)31)21(24-15-23-18)27-10-8-26(9-11-27)14-16-6-4-3-5-7-16/h3-7,12-13,15,22,25H,2,8-11,14H2,1H3,(H,29,30,31). The summed E-state index contributed by atoms with van der Waals surface area (Å²) in [5.41, 5.74) is 2.22. The summed E-state index contributed by atoms with van der Waals surface area (Å²) in [7, 11) is -4.29. The number of hydrogen-bond acceptors (Lipinski definition) is 8.